The van der Waals surface area contributed by atoms with Crippen LogP contribution in [0.3, 0.4) is 0 Å². The minimum atomic E-state index is 0.0606. The van der Waals surface area contributed by atoms with Gasteiger partial charge in [0.1, 0.15) is 0 Å². The van der Waals surface area contributed by atoms with Gasteiger partial charge in [-0.15, -0.1) is 0 Å². The fourth-order valence-corrected chi connectivity index (χ4v) is 1.41. The van der Waals surface area contributed by atoms with E-state index in [9.17, 15) is 4.79 Å². The highest BCUT2D eigenvalue weighted by molar-refractivity contribution is 5.75. The van der Waals surface area contributed by atoms with Gasteiger partial charge in [-0.25, -0.2) is 0 Å². The van der Waals surface area contributed by atoms with E-state index in [1.54, 1.807) is 0 Å². The third-order valence-corrected chi connectivity index (χ3v) is 2.81. The summed E-state index contributed by atoms with van der Waals surface area (Å²) in [5.41, 5.74) is 5.64. The molecule has 0 saturated heterocycles. The van der Waals surface area contributed by atoms with Gasteiger partial charge in [0.25, 0.3) is 0 Å². The van der Waals surface area contributed by atoms with E-state index in [2.05, 4.69) is 19.2 Å². The number of hydrogen-bond acceptors (Lipinski definition) is 3. The van der Waals surface area contributed by atoms with Gasteiger partial charge in [0.15, 0.2) is 0 Å². The molecule has 0 aromatic rings. The number of carbonyl (C=O) groups excluding carboxylic acids is 1. The second-order valence-corrected chi connectivity index (χ2v) is 5.29. The van der Waals surface area contributed by atoms with Gasteiger partial charge in [0, 0.05) is 19.6 Å². The van der Waals surface area contributed by atoms with Gasteiger partial charge < -0.3 is 16.2 Å². The summed E-state index contributed by atoms with van der Waals surface area (Å²) >= 11 is 0. The van der Waals surface area contributed by atoms with Gasteiger partial charge >= 0.3 is 0 Å². The molecule has 0 heterocycles. The maximum Gasteiger partial charge on any atom is 0.220 e. The Morgan fingerprint density at radius 2 is 2.06 bits per heavy atom. The summed E-state index contributed by atoms with van der Waals surface area (Å²) in [4.78, 5) is 11.5. The maximum absolute atomic E-state index is 11.5. The summed E-state index contributed by atoms with van der Waals surface area (Å²) in [6.07, 6.45) is 2.32. The lowest BCUT2D eigenvalue weighted by Gasteiger charge is -2.23. The standard InChI is InChI=1S/C12H26N2O2/c1-10(9-15)8-14-11(16)4-5-12(2,3)6-7-13/h10,15H,4-9,13H2,1-3H3,(H,14,16). The van der Waals surface area contributed by atoms with Crippen molar-refractivity contribution in [3.63, 3.8) is 0 Å². The van der Waals surface area contributed by atoms with Crippen molar-refractivity contribution in [1.29, 1.82) is 0 Å². The van der Waals surface area contributed by atoms with Crippen LogP contribution in [0.15, 0.2) is 0 Å². The predicted octanol–water partition coefficient (Wildman–Crippen LogP) is 0.886. The molecule has 0 saturated carbocycles. The molecule has 0 bridgehead atoms. The lowest BCUT2D eigenvalue weighted by molar-refractivity contribution is -0.121. The number of hydrogen-bond donors (Lipinski definition) is 3. The van der Waals surface area contributed by atoms with Gasteiger partial charge in [0.05, 0.1) is 0 Å². The first-order chi connectivity index (χ1) is 7.41. The van der Waals surface area contributed by atoms with E-state index >= 15 is 0 Å². The second kappa shape index (κ2) is 7.63. The molecule has 0 aromatic carbocycles. The molecule has 16 heavy (non-hydrogen) atoms. The van der Waals surface area contributed by atoms with Crippen LogP contribution in [0.2, 0.25) is 0 Å². The van der Waals surface area contributed by atoms with Crippen molar-refractivity contribution in [3.8, 4) is 0 Å². The zero-order valence-corrected chi connectivity index (χ0v) is 10.8. The molecule has 96 valence electrons. The van der Waals surface area contributed by atoms with E-state index in [-0.39, 0.29) is 23.8 Å². The summed E-state index contributed by atoms with van der Waals surface area (Å²) in [7, 11) is 0. The number of aliphatic hydroxyl groups is 1. The number of nitrogens with two attached hydrogens (primary N) is 1. The molecule has 0 fully saturated rings. The fourth-order valence-electron chi connectivity index (χ4n) is 1.41. The summed E-state index contributed by atoms with van der Waals surface area (Å²) in [6.45, 7) is 7.48. The van der Waals surface area contributed by atoms with Crippen LogP contribution < -0.4 is 11.1 Å². The lowest BCUT2D eigenvalue weighted by Crippen LogP contribution is -2.30. The van der Waals surface area contributed by atoms with Crippen molar-refractivity contribution in [2.45, 2.75) is 40.0 Å². The summed E-state index contributed by atoms with van der Waals surface area (Å²) < 4.78 is 0. The summed E-state index contributed by atoms with van der Waals surface area (Å²) in [6, 6.07) is 0. The Morgan fingerprint density at radius 1 is 1.44 bits per heavy atom. The van der Waals surface area contributed by atoms with Crippen LogP contribution >= 0.6 is 0 Å². The smallest absolute Gasteiger partial charge is 0.220 e. The van der Waals surface area contributed by atoms with E-state index in [1.165, 1.54) is 0 Å². The number of rotatable bonds is 8. The summed E-state index contributed by atoms with van der Waals surface area (Å²) in [5.74, 6) is 0.186. The van der Waals surface area contributed by atoms with E-state index < -0.39 is 0 Å². The third kappa shape index (κ3) is 7.65. The number of carbonyl (C=O) groups is 1. The van der Waals surface area contributed by atoms with Crippen LogP contribution in [-0.4, -0.2) is 30.7 Å². The number of aliphatic hydroxyl groups excluding tert-OH is 1. The molecular formula is C12H26N2O2. The Bertz CT molecular complexity index is 205. The Kier molecular flexibility index (Phi) is 7.34. The Balaban J connectivity index is 3.72. The first kappa shape index (κ1) is 15.4. The topological polar surface area (TPSA) is 75.3 Å². The van der Waals surface area contributed by atoms with E-state index in [0.29, 0.717) is 19.5 Å². The fraction of sp³-hybridized carbons (Fsp3) is 0.917. The third-order valence-electron chi connectivity index (χ3n) is 2.81. The highest BCUT2D eigenvalue weighted by atomic mass is 16.3. The normalized spacial score (nSPS) is 13.6. The minimum absolute atomic E-state index is 0.0606. The van der Waals surface area contributed by atoms with Gasteiger partial charge in [0.2, 0.25) is 5.91 Å². The average Bonchev–Trinajstić information content (AvgIpc) is 2.23. The van der Waals surface area contributed by atoms with E-state index in [1.807, 2.05) is 6.92 Å². The maximum atomic E-state index is 11.5. The number of amides is 1. The first-order valence-electron chi connectivity index (χ1n) is 5.99. The molecule has 1 amide bonds. The molecule has 4 nitrogen and oxygen atoms in total. The van der Waals surface area contributed by atoms with Crippen molar-refractivity contribution in [2.75, 3.05) is 19.7 Å². The number of nitrogens with one attached hydrogen (secondary N) is 1. The molecular weight excluding hydrogens is 204 g/mol. The largest absolute Gasteiger partial charge is 0.396 e. The van der Waals surface area contributed by atoms with Crippen LogP contribution in [0.4, 0.5) is 0 Å². The van der Waals surface area contributed by atoms with Gasteiger partial charge in [-0.2, -0.15) is 0 Å². The van der Waals surface area contributed by atoms with Crippen molar-refractivity contribution in [3.05, 3.63) is 0 Å². The van der Waals surface area contributed by atoms with E-state index in [0.717, 1.165) is 12.8 Å². The molecule has 4 N–H and O–H groups in total. The molecule has 0 aliphatic heterocycles. The molecule has 0 radical (unpaired) electrons. The average molecular weight is 230 g/mol. The second-order valence-electron chi connectivity index (χ2n) is 5.29. The molecule has 1 unspecified atom stereocenters. The molecule has 0 aromatic heterocycles. The molecule has 0 rings (SSSR count). The highest BCUT2D eigenvalue weighted by Gasteiger charge is 2.18. The highest BCUT2D eigenvalue weighted by Crippen LogP contribution is 2.25. The van der Waals surface area contributed by atoms with Crippen LogP contribution in [0, 0.1) is 11.3 Å². The molecule has 0 aliphatic rings. The lowest BCUT2D eigenvalue weighted by atomic mass is 9.84. The quantitative estimate of drug-likeness (QED) is 0.579. The van der Waals surface area contributed by atoms with E-state index in [4.69, 9.17) is 10.8 Å². The zero-order valence-electron chi connectivity index (χ0n) is 10.8. The van der Waals surface area contributed by atoms with Crippen LogP contribution in [0.5, 0.6) is 0 Å². The molecule has 4 heteroatoms. The van der Waals surface area contributed by atoms with Crippen LogP contribution in [0.25, 0.3) is 0 Å². The van der Waals surface area contributed by atoms with Crippen LogP contribution in [-0.2, 0) is 4.79 Å². The van der Waals surface area contributed by atoms with Crippen molar-refractivity contribution >= 4 is 5.91 Å². The Morgan fingerprint density at radius 3 is 2.56 bits per heavy atom. The zero-order chi connectivity index (χ0) is 12.6. The summed E-state index contributed by atoms with van der Waals surface area (Å²) in [5, 5.41) is 11.6. The predicted molar refractivity (Wildman–Crippen MR) is 65.9 cm³/mol. The van der Waals surface area contributed by atoms with Gasteiger partial charge in [-0.05, 0) is 30.7 Å². The SMILES string of the molecule is CC(CO)CNC(=O)CCC(C)(C)CCN. The molecule has 1 atom stereocenters. The minimum Gasteiger partial charge on any atom is -0.396 e. The Labute approximate surface area is 98.6 Å². The van der Waals surface area contributed by atoms with Crippen LogP contribution in [0.1, 0.15) is 40.0 Å². The van der Waals surface area contributed by atoms with Crippen molar-refractivity contribution < 1.29 is 9.90 Å². The van der Waals surface area contributed by atoms with Gasteiger partial charge in [-0.1, -0.05) is 20.8 Å². The first-order valence-corrected chi connectivity index (χ1v) is 5.99. The molecule has 0 spiro atoms. The van der Waals surface area contributed by atoms with Crippen molar-refractivity contribution in [1.82, 2.24) is 5.32 Å². The van der Waals surface area contributed by atoms with Crippen molar-refractivity contribution in [2.24, 2.45) is 17.1 Å². The monoisotopic (exact) mass is 230 g/mol. The molecule has 0 aliphatic carbocycles. The van der Waals surface area contributed by atoms with Gasteiger partial charge in [-0.3, -0.25) is 4.79 Å². The Hall–Kier alpha value is -0.610.